The fourth-order valence-electron chi connectivity index (χ4n) is 4.65. The Balaban J connectivity index is 1.53. The number of fused-ring (bicyclic) bond motifs is 2. The van der Waals surface area contributed by atoms with Gasteiger partial charge in [-0.2, -0.15) is 0 Å². The smallest absolute Gasteiger partial charge is 0.276 e. The van der Waals surface area contributed by atoms with E-state index in [4.69, 9.17) is 10.1 Å². The van der Waals surface area contributed by atoms with Crippen LogP contribution in [-0.4, -0.2) is 22.2 Å². The number of benzene rings is 2. The Hall–Kier alpha value is -2.86. The van der Waals surface area contributed by atoms with Crippen molar-refractivity contribution in [2.24, 2.45) is 21.9 Å². The lowest BCUT2D eigenvalue weighted by Crippen LogP contribution is -2.55. The number of carbonyl (C=O) groups excluding carboxylic acids is 1. The standard InChI is InChI=1S/C25H26N4OS/c1-16-12-13-19(17(2)14-16)23-26-21-11-7-6-10-20(21)22-24(30)27-25(28-29(22)23)31-15-18-8-4-3-5-9-18/h3-12,17,19,23H,13-15H2,1-2H3,(H,27,28,30)/t17-,19-,23+/m0/s1. The fraction of sp³-hybridized carbons (Fsp3) is 0.320. The average molecular weight is 431 g/mol. The summed E-state index contributed by atoms with van der Waals surface area (Å²) >= 11 is 1.55. The van der Waals surface area contributed by atoms with Gasteiger partial charge in [0.15, 0.2) is 5.17 Å². The van der Waals surface area contributed by atoms with Crippen molar-refractivity contribution in [3.05, 3.63) is 82.4 Å². The highest BCUT2D eigenvalue weighted by atomic mass is 32.2. The molecule has 158 valence electrons. The number of nitrogens with zero attached hydrogens (tertiary/aromatic N) is 3. The number of allylic oxidation sites excluding steroid dienone is 2. The highest BCUT2D eigenvalue weighted by Crippen LogP contribution is 2.36. The van der Waals surface area contributed by atoms with Crippen LogP contribution in [0.4, 0.5) is 0 Å². The average Bonchev–Trinajstić information content (AvgIpc) is 2.78. The molecular formula is C25H26N4OS. The normalized spacial score (nSPS) is 25.0. The fourth-order valence-corrected chi connectivity index (χ4v) is 5.46. The van der Waals surface area contributed by atoms with Gasteiger partial charge in [-0.3, -0.25) is 15.1 Å². The monoisotopic (exact) mass is 430 g/mol. The van der Waals surface area contributed by atoms with Crippen LogP contribution in [0.2, 0.25) is 0 Å². The van der Waals surface area contributed by atoms with Gasteiger partial charge in [0.05, 0.1) is 5.36 Å². The Bertz CT molecular complexity index is 1190. The van der Waals surface area contributed by atoms with E-state index in [1.807, 2.05) is 47.5 Å². The second kappa shape index (κ2) is 8.35. The van der Waals surface area contributed by atoms with Crippen LogP contribution in [0.3, 0.4) is 0 Å². The summed E-state index contributed by atoms with van der Waals surface area (Å²) in [4.78, 5) is 18.3. The second-order valence-electron chi connectivity index (χ2n) is 8.52. The molecule has 1 N–H and O–H groups in total. The van der Waals surface area contributed by atoms with Gasteiger partial charge in [-0.1, -0.05) is 78.9 Å². The van der Waals surface area contributed by atoms with Crippen LogP contribution in [0, 0.1) is 11.8 Å². The molecule has 0 radical (unpaired) electrons. The highest BCUT2D eigenvalue weighted by molar-refractivity contribution is 8.13. The summed E-state index contributed by atoms with van der Waals surface area (Å²) < 4.78 is 0. The van der Waals surface area contributed by atoms with E-state index in [9.17, 15) is 4.79 Å². The van der Waals surface area contributed by atoms with E-state index in [0.717, 1.165) is 29.2 Å². The maximum absolute atomic E-state index is 13.2. The van der Waals surface area contributed by atoms with E-state index >= 15 is 0 Å². The Morgan fingerprint density at radius 3 is 2.71 bits per heavy atom. The molecule has 1 aliphatic carbocycles. The van der Waals surface area contributed by atoms with Gasteiger partial charge in [-0.15, -0.1) is 5.10 Å². The summed E-state index contributed by atoms with van der Waals surface area (Å²) in [5.41, 5.74) is 3.24. The lowest BCUT2D eigenvalue weighted by molar-refractivity contribution is -0.116. The minimum atomic E-state index is -0.178. The van der Waals surface area contributed by atoms with Crippen molar-refractivity contribution in [2.75, 3.05) is 0 Å². The third-order valence-electron chi connectivity index (χ3n) is 6.26. The Morgan fingerprint density at radius 2 is 1.90 bits per heavy atom. The highest BCUT2D eigenvalue weighted by Gasteiger charge is 2.39. The summed E-state index contributed by atoms with van der Waals surface area (Å²) in [6, 6.07) is 18.1. The summed E-state index contributed by atoms with van der Waals surface area (Å²) in [7, 11) is 0. The van der Waals surface area contributed by atoms with Crippen LogP contribution in [-0.2, 0) is 10.5 Å². The van der Waals surface area contributed by atoms with Crippen LogP contribution < -0.4 is 15.9 Å². The predicted molar refractivity (Wildman–Crippen MR) is 125 cm³/mol. The van der Waals surface area contributed by atoms with E-state index in [2.05, 4.69) is 37.4 Å². The molecule has 0 spiro atoms. The molecule has 3 aliphatic rings. The van der Waals surface area contributed by atoms with Gasteiger partial charge in [0.2, 0.25) is 0 Å². The molecule has 5 rings (SSSR count). The van der Waals surface area contributed by atoms with Crippen molar-refractivity contribution < 1.29 is 4.79 Å². The largest absolute Gasteiger partial charge is 0.298 e. The third-order valence-corrected chi connectivity index (χ3v) is 7.19. The third kappa shape index (κ3) is 3.92. The van der Waals surface area contributed by atoms with Gasteiger partial charge < -0.3 is 0 Å². The van der Waals surface area contributed by atoms with Crippen molar-refractivity contribution in [1.82, 2.24) is 10.3 Å². The lowest BCUT2D eigenvalue weighted by Gasteiger charge is -2.40. The summed E-state index contributed by atoms with van der Waals surface area (Å²) in [6.45, 7) is 4.48. The van der Waals surface area contributed by atoms with Gasteiger partial charge in [0.25, 0.3) is 5.91 Å². The minimum Gasteiger partial charge on any atom is -0.298 e. The second-order valence-corrected chi connectivity index (χ2v) is 9.48. The number of rotatable bonds is 3. The maximum Gasteiger partial charge on any atom is 0.276 e. The van der Waals surface area contributed by atoms with Gasteiger partial charge in [0.1, 0.15) is 11.9 Å². The molecule has 0 saturated carbocycles. The number of para-hydroxylation sites is 1. The molecule has 2 aromatic rings. The number of amides is 1. The van der Waals surface area contributed by atoms with E-state index in [1.54, 1.807) is 11.8 Å². The molecule has 3 atom stereocenters. The van der Waals surface area contributed by atoms with Crippen LogP contribution in [0.15, 0.2) is 76.3 Å². The van der Waals surface area contributed by atoms with E-state index in [0.29, 0.717) is 22.7 Å². The SMILES string of the molecule is CC1=CC[C@H]([C@@H]2N=c3ccccc3=C3C(=O)NC(SCc4ccccc4)=NN32)[C@@H](C)C1. The minimum absolute atomic E-state index is 0.104. The molecule has 0 saturated heterocycles. The molecule has 2 aromatic carbocycles. The van der Waals surface area contributed by atoms with Crippen molar-refractivity contribution >= 4 is 28.5 Å². The molecule has 2 heterocycles. The first kappa shape index (κ1) is 20.1. The number of thioether (sulfide) groups is 1. The van der Waals surface area contributed by atoms with E-state index < -0.39 is 0 Å². The molecule has 6 heteroatoms. The summed E-state index contributed by atoms with van der Waals surface area (Å²) in [5, 5.41) is 12.2. The van der Waals surface area contributed by atoms with E-state index in [-0.39, 0.29) is 12.1 Å². The van der Waals surface area contributed by atoms with Gasteiger partial charge in [-0.05, 0) is 37.3 Å². The number of hydrogen-bond donors (Lipinski definition) is 1. The Morgan fingerprint density at radius 1 is 1.13 bits per heavy atom. The number of nitrogens with one attached hydrogen (secondary N) is 1. The number of amidine groups is 1. The number of hydrogen-bond acceptors (Lipinski definition) is 5. The number of hydrazone groups is 1. The zero-order valence-electron chi connectivity index (χ0n) is 17.8. The molecular weight excluding hydrogens is 404 g/mol. The van der Waals surface area contributed by atoms with Gasteiger partial charge >= 0.3 is 0 Å². The van der Waals surface area contributed by atoms with Crippen molar-refractivity contribution in [3.8, 4) is 0 Å². The van der Waals surface area contributed by atoms with Gasteiger partial charge in [-0.25, -0.2) is 5.01 Å². The van der Waals surface area contributed by atoms with Crippen molar-refractivity contribution in [2.45, 2.75) is 38.6 Å². The van der Waals surface area contributed by atoms with Crippen molar-refractivity contribution in [1.29, 1.82) is 0 Å². The molecule has 0 fully saturated rings. The maximum atomic E-state index is 13.2. The molecule has 1 amide bonds. The van der Waals surface area contributed by atoms with Crippen molar-refractivity contribution in [3.63, 3.8) is 0 Å². The first-order chi connectivity index (χ1) is 15.1. The molecule has 5 nitrogen and oxygen atoms in total. The zero-order chi connectivity index (χ0) is 21.4. The Labute approximate surface area is 186 Å². The first-order valence-corrected chi connectivity index (χ1v) is 11.8. The molecule has 0 aromatic heterocycles. The lowest BCUT2D eigenvalue weighted by atomic mass is 9.79. The van der Waals surface area contributed by atoms with Crippen LogP contribution in [0.5, 0.6) is 0 Å². The Kier molecular flexibility index (Phi) is 5.40. The molecule has 0 bridgehead atoms. The molecule has 0 unspecified atom stereocenters. The molecule has 2 aliphatic heterocycles. The zero-order valence-corrected chi connectivity index (χ0v) is 18.6. The van der Waals surface area contributed by atoms with Crippen LogP contribution in [0.1, 0.15) is 32.3 Å². The first-order valence-electron chi connectivity index (χ1n) is 10.8. The molecule has 31 heavy (non-hydrogen) atoms. The topological polar surface area (TPSA) is 57.1 Å². The number of carbonyl (C=O) groups is 1. The van der Waals surface area contributed by atoms with Gasteiger partial charge in [0, 0.05) is 16.9 Å². The predicted octanol–water partition coefficient (Wildman–Crippen LogP) is 3.38. The summed E-state index contributed by atoms with van der Waals surface area (Å²) in [6.07, 6.45) is 4.16. The summed E-state index contributed by atoms with van der Waals surface area (Å²) in [5.74, 6) is 1.43. The van der Waals surface area contributed by atoms with Crippen LogP contribution >= 0.6 is 11.8 Å². The van der Waals surface area contributed by atoms with E-state index in [1.165, 1.54) is 11.1 Å². The quantitative estimate of drug-likeness (QED) is 0.760. The van der Waals surface area contributed by atoms with Crippen LogP contribution in [0.25, 0.3) is 5.70 Å².